The van der Waals surface area contributed by atoms with E-state index in [0.717, 1.165) is 0 Å². The molecule has 0 aliphatic rings. The summed E-state index contributed by atoms with van der Waals surface area (Å²) in [5.41, 5.74) is 8.17. The van der Waals surface area contributed by atoms with Gasteiger partial charge >= 0.3 is 5.97 Å². The number of hydrogen-bond acceptors (Lipinski definition) is 5. The zero-order chi connectivity index (χ0) is 9.40. The summed E-state index contributed by atoms with van der Waals surface area (Å²) >= 11 is 0. The molecule has 0 aromatic heterocycles. The third-order valence-corrected chi connectivity index (χ3v) is 1.03. The summed E-state index contributed by atoms with van der Waals surface area (Å²) < 4.78 is 4.72. The van der Waals surface area contributed by atoms with Gasteiger partial charge < -0.3 is 21.0 Å². The second-order valence-electron chi connectivity index (χ2n) is 2.08. The summed E-state index contributed by atoms with van der Waals surface area (Å²) in [6.45, 7) is -0.0281. The van der Waals surface area contributed by atoms with Crippen LogP contribution in [0.2, 0.25) is 0 Å². The maximum Gasteiger partial charge on any atom is 0.329 e. The summed E-state index contributed by atoms with van der Waals surface area (Å²) in [5.74, 6) is 3.95. The normalized spacial score (nSPS) is 11.2. The molecule has 0 amide bonds. The molecule has 6 nitrogen and oxygen atoms in total. The van der Waals surface area contributed by atoms with Crippen LogP contribution < -0.4 is 17.0 Å². The average Bonchev–Trinajstić information content (AvgIpc) is 1.98. The smallest absolute Gasteiger partial charge is 0.329 e. The van der Waals surface area contributed by atoms with Crippen LogP contribution in [0.25, 0.3) is 0 Å². The summed E-state index contributed by atoms with van der Waals surface area (Å²) in [6, 6.07) is 0. The molecular weight excluding hydrogens is 162 g/mol. The molecule has 0 atom stereocenters. The number of ether oxygens (including phenoxy) is 1. The number of nitrogens with one attached hydrogen (secondary N) is 1. The molecule has 0 unspecified atom stereocenters. The first-order valence-electron chi connectivity index (χ1n) is 3.37. The molecule has 0 aliphatic heterocycles. The Bertz CT molecular complexity index is 169. The molecule has 0 saturated carbocycles. The molecule has 0 aromatic carbocycles. The quantitative estimate of drug-likeness (QED) is 0.228. The topological polar surface area (TPSA) is 111 Å². The number of aliphatic carboxylic acids is 1. The van der Waals surface area contributed by atoms with Crippen molar-refractivity contribution in [2.75, 3.05) is 13.2 Å². The van der Waals surface area contributed by atoms with Crippen molar-refractivity contribution < 1.29 is 14.6 Å². The van der Waals surface area contributed by atoms with Crippen molar-refractivity contribution in [3.05, 3.63) is 11.9 Å². The van der Waals surface area contributed by atoms with Crippen LogP contribution in [0.5, 0.6) is 0 Å². The number of rotatable bonds is 6. The lowest BCUT2D eigenvalue weighted by Gasteiger charge is -2.01. The van der Waals surface area contributed by atoms with Gasteiger partial charge in [-0.1, -0.05) is 0 Å². The van der Waals surface area contributed by atoms with Crippen molar-refractivity contribution in [2.24, 2.45) is 11.6 Å². The largest absolute Gasteiger partial charge is 0.480 e. The van der Waals surface area contributed by atoms with Gasteiger partial charge in [-0.25, -0.2) is 4.79 Å². The van der Waals surface area contributed by atoms with Crippen LogP contribution in [0.1, 0.15) is 6.42 Å². The number of nitrogens with two attached hydrogens (primary N) is 2. The standard InChI is InChI=1S/C6H13N3O3/c7-5(3-9-8)1-2-12-4-6(10)11/h3,9H,1-2,4,7-8H2,(H,10,11). The number of hydrogen-bond donors (Lipinski definition) is 4. The highest BCUT2D eigenvalue weighted by molar-refractivity contribution is 5.67. The van der Waals surface area contributed by atoms with Crippen molar-refractivity contribution in [2.45, 2.75) is 6.42 Å². The van der Waals surface area contributed by atoms with Gasteiger partial charge in [0.2, 0.25) is 0 Å². The molecule has 12 heavy (non-hydrogen) atoms. The fourth-order valence-electron chi connectivity index (χ4n) is 0.529. The Morgan fingerprint density at radius 2 is 2.33 bits per heavy atom. The van der Waals surface area contributed by atoms with Gasteiger partial charge in [-0.15, -0.1) is 0 Å². The van der Waals surface area contributed by atoms with Gasteiger partial charge in [0.15, 0.2) is 0 Å². The van der Waals surface area contributed by atoms with E-state index in [9.17, 15) is 4.79 Å². The fourth-order valence-corrected chi connectivity index (χ4v) is 0.529. The van der Waals surface area contributed by atoms with E-state index in [1.165, 1.54) is 6.20 Å². The van der Waals surface area contributed by atoms with Crippen LogP contribution in [-0.2, 0) is 9.53 Å². The second-order valence-corrected chi connectivity index (χ2v) is 2.08. The van der Waals surface area contributed by atoms with Gasteiger partial charge in [0.25, 0.3) is 0 Å². The molecule has 6 N–H and O–H groups in total. The van der Waals surface area contributed by atoms with Crippen molar-refractivity contribution in [1.29, 1.82) is 0 Å². The molecule has 0 saturated heterocycles. The zero-order valence-electron chi connectivity index (χ0n) is 6.62. The minimum atomic E-state index is -0.991. The third-order valence-electron chi connectivity index (χ3n) is 1.03. The van der Waals surface area contributed by atoms with Crippen molar-refractivity contribution >= 4 is 5.97 Å². The maximum absolute atomic E-state index is 9.97. The first-order valence-corrected chi connectivity index (χ1v) is 3.37. The molecule has 0 aromatic rings. The lowest BCUT2D eigenvalue weighted by atomic mass is 10.3. The zero-order valence-corrected chi connectivity index (χ0v) is 6.62. The lowest BCUT2D eigenvalue weighted by Crippen LogP contribution is -2.17. The highest BCUT2D eigenvalue weighted by atomic mass is 16.5. The maximum atomic E-state index is 9.97. The van der Waals surface area contributed by atoms with Crippen LogP contribution >= 0.6 is 0 Å². The van der Waals surface area contributed by atoms with E-state index >= 15 is 0 Å². The Morgan fingerprint density at radius 3 is 2.83 bits per heavy atom. The predicted octanol–water partition coefficient (Wildman–Crippen LogP) is -1.26. The van der Waals surface area contributed by atoms with Crippen LogP contribution in [0.3, 0.4) is 0 Å². The summed E-state index contributed by atoms with van der Waals surface area (Å²) in [5, 5.41) is 8.18. The van der Waals surface area contributed by atoms with E-state index in [1.54, 1.807) is 0 Å². The highest BCUT2D eigenvalue weighted by Crippen LogP contribution is 1.90. The molecular formula is C6H13N3O3. The van der Waals surface area contributed by atoms with Gasteiger partial charge in [0.1, 0.15) is 6.61 Å². The van der Waals surface area contributed by atoms with Crippen LogP contribution in [0.4, 0.5) is 0 Å². The van der Waals surface area contributed by atoms with Crippen LogP contribution in [0.15, 0.2) is 11.9 Å². The second kappa shape index (κ2) is 6.44. The molecule has 0 fully saturated rings. The van der Waals surface area contributed by atoms with Gasteiger partial charge in [-0.3, -0.25) is 5.84 Å². The Morgan fingerprint density at radius 1 is 1.67 bits per heavy atom. The summed E-state index contributed by atoms with van der Waals surface area (Å²) in [4.78, 5) is 9.97. The molecule has 0 rings (SSSR count). The van der Waals surface area contributed by atoms with Crippen molar-refractivity contribution in [1.82, 2.24) is 5.43 Å². The SMILES string of the molecule is NNC=C(N)CCOCC(=O)O. The van der Waals surface area contributed by atoms with Gasteiger partial charge in [0.05, 0.1) is 6.61 Å². The van der Waals surface area contributed by atoms with Gasteiger partial charge in [0, 0.05) is 18.3 Å². The van der Waals surface area contributed by atoms with E-state index in [-0.39, 0.29) is 13.2 Å². The van der Waals surface area contributed by atoms with E-state index in [4.69, 9.17) is 21.4 Å². The number of carboxylic acids is 1. The summed E-state index contributed by atoms with van der Waals surface area (Å²) in [7, 11) is 0. The minimum Gasteiger partial charge on any atom is -0.480 e. The molecule has 6 heteroatoms. The van der Waals surface area contributed by atoms with Crippen molar-refractivity contribution in [3.63, 3.8) is 0 Å². The molecule has 0 heterocycles. The van der Waals surface area contributed by atoms with E-state index < -0.39 is 5.97 Å². The monoisotopic (exact) mass is 175 g/mol. The fraction of sp³-hybridized carbons (Fsp3) is 0.500. The predicted molar refractivity (Wildman–Crippen MR) is 42.7 cm³/mol. The highest BCUT2D eigenvalue weighted by Gasteiger charge is 1.96. The van der Waals surface area contributed by atoms with E-state index in [0.29, 0.717) is 12.1 Å². The van der Waals surface area contributed by atoms with Crippen molar-refractivity contribution in [3.8, 4) is 0 Å². The van der Waals surface area contributed by atoms with E-state index in [1.807, 2.05) is 0 Å². The van der Waals surface area contributed by atoms with Crippen LogP contribution in [-0.4, -0.2) is 24.3 Å². The Labute approximate surface area is 70.1 Å². The first kappa shape index (κ1) is 10.7. The average molecular weight is 175 g/mol. The molecule has 0 aliphatic carbocycles. The number of carbonyl (C=O) groups is 1. The Balaban J connectivity index is 3.31. The first-order chi connectivity index (χ1) is 5.66. The third kappa shape index (κ3) is 6.84. The minimum absolute atomic E-state index is 0.274. The van der Waals surface area contributed by atoms with Crippen LogP contribution in [0, 0.1) is 0 Å². The Kier molecular flexibility index (Phi) is 5.76. The molecule has 0 radical (unpaired) electrons. The number of carboxylic acid groups (broad SMARTS) is 1. The molecule has 0 spiro atoms. The van der Waals surface area contributed by atoms with E-state index in [2.05, 4.69) is 5.43 Å². The summed E-state index contributed by atoms with van der Waals surface area (Å²) in [6.07, 6.45) is 1.88. The number of hydrazine groups is 1. The van der Waals surface area contributed by atoms with Gasteiger partial charge in [-0.2, -0.15) is 0 Å². The Hall–Kier alpha value is -1.27. The molecule has 70 valence electrons. The molecule has 0 bridgehead atoms. The van der Waals surface area contributed by atoms with Gasteiger partial charge in [-0.05, 0) is 0 Å². The lowest BCUT2D eigenvalue weighted by molar-refractivity contribution is -0.142.